The molecular formula is C16H18F3N3O5. The van der Waals surface area contributed by atoms with E-state index in [1.807, 2.05) is 0 Å². The first-order valence-corrected chi connectivity index (χ1v) is 8.09. The third-order valence-electron chi connectivity index (χ3n) is 3.73. The van der Waals surface area contributed by atoms with Crippen molar-refractivity contribution in [1.82, 2.24) is 10.6 Å². The van der Waals surface area contributed by atoms with Crippen molar-refractivity contribution >= 4 is 23.6 Å². The van der Waals surface area contributed by atoms with Gasteiger partial charge in [0.05, 0.1) is 0 Å². The standard InChI is InChI=1S/C16H18F3N3O5/c17-16(18,19)27-11-4-1-3-10(9-11)22-8-6-12(14(22)25)21-15(26)20-7-2-5-13(23)24/h1,3-4,9,12H,2,5-8H2,(H,23,24)(H2,20,21,26). The van der Waals surface area contributed by atoms with Gasteiger partial charge in [-0.25, -0.2) is 4.79 Å². The van der Waals surface area contributed by atoms with E-state index in [0.29, 0.717) is 0 Å². The summed E-state index contributed by atoms with van der Waals surface area (Å²) in [7, 11) is 0. The number of ether oxygens (including phenoxy) is 1. The minimum atomic E-state index is -4.84. The number of amides is 3. The summed E-state index contributed by atoms with van der Waals surface area (Å²) in [6, 6.07) is 3.58. The first kappa shape index (κ1) is 20.3. The monoisotopic (exact) mass is 389 g/mol. The average Bonchev–Trinajstić information content (AvgIpc) is 2.91. The zero-order chi connectivity index (χ0) is 20.0. The van der Waals surface area contributed by atoms with E-state index in [2.05, 4.69) is 15.4 Å². The van der Waals surface area contributed by atoms with Gasteiger partial charge in [-0.3, -0.25) is 9.59 Å². The van der Waals surface area contributed by atoms with Crippen LogP contribution in [-0.4, -0.2) is 48.5 Å². The smallest absolute Gasteiger partial charge is 0.481 e. The zero-order valence-electron chi connectivity index (χ0n) is 14.1. The number of rotatable bonds is 7. The summed E-state index contributed by atoms with van der Waals surface area (Å²) in [5.41, 5.74) is 0.230. The molecule has 1 aliphatic heterocycles. The van der Waals surface area contributed by atoms with Crippen LogP contribution in [0.4, 0.5) is 23.7 Å². The molecule has 1 heterocycles. The van der Waals surface area contributed by atoms with Crippen molar-refractivity contribution in [2.45, 2.75) is 31.7 Å². The minimum Gasteiger partial charge on any atom is -0.481 e. The predicted octanol–water partition coefficient (Wildman–Crippen LogP) is 1.85. The lowest BCUT2D eigenvalue weighted by Gasteiger charge is -2.18. The minimum absolute atomic E-state index is 0.0905. The molecule has 0 radical (unpaired) electrons. The van der Waals surface area contributed by atoms with Crippen LogP contribution in [0.5, 0.6) is 5.75 Å². The fourth-order valence-electron chi connectivity index (χ4n) is 2.57. The summed E-state index contributed by atoms with van der Waals surface area (Å²) in [5, 5.41) is 13.4. The van der Waals surface area contributed by atoms with Crippen molar-refractivity contribution in [3.05, 3.63) is 24.3 Å². The third-order valence-corrected chi connectivity index (χ3v) is 3.73. The van der Waals surface area contributed by atoms with Gasteiger partial charge in [-0.15, -0.1) is 13.2 Å². The predicted molar refractivity (Wildman–Crippen MR) is 87.3 cm³/mol. The summed E-state index contributed by atoms with van der Waals surface area (Å²) < 4.78 is 40.8. The summed E-state index contributed by atoms with van der Waals surface area (Å²) in [4.78, 5) is 35.8. The number of halogens is 3. The number of carbonyl (C=O) groups is 3. The number of nitrogens with one attached hydrogen (secondary N) is 2. The Morgan fingerprint density at radius 1 is 1.33 bits per heavy atom. The lowest BCUT2D eigenvalue weighted by atomic mass is 10.2. The highest BCUT2D eigenvalue weighted by Gasteiger charge is 2.35. The molecule has 8 nitrogen and oxygen atoms in total. The number of urea groups is 1. The van der Waals surface area contributed by atoms with Gasteiger partial charge in [0, 0.05) is 31.3 Å². The van der Waals surface area contributed by atoms with Gasteiger partial charge in [0.15, 0.2) is 0 Å². The molecule has 11 heteroatoms. The highest BCUT2D eigenvalue weighted by molar-refractivity contribution is 6.01. The molecule has 2 rings (SSSR count). The Morgan fingerprint density at radius 2 is 2.07 bits per heavy atom. The molecular weight excluding hydrogens is 371 g/mol. The van der Waals surface area contributed by atoms with E-state index in [1.165, 1.54) is 17.0 Å². The van der Waals surface area contributed by atoms with Gasteiger partial charge in [-0.2, -0.15) is 0 Å². The van der Waals surface area contributed by atoms with Gasteiger partial charge in [-0.05, 0) is 25.0 Å². The number of benzene rings is 1. The molecule has 148 valence electrons. The topological polar surface area (TPSA) is 108 Å². The Labute approximate surface area is 152 Å². The normalized spacial score (nSPS) is 16.9. The van der Waals surface area contributed by atoms with Gasteiger partial charge in [0.1, 0.15) is 11.8 Å². The molecule has 1 unspecified atom stereocenters. The highest BCUT2D eigenvalue weighted by Crippen LogP contribution is 2.29. The molecule has 3 N–H and O–H groups in total. The van der Waals surface area contributed by atoms with Crippen LogP contribution in [-0.2, 0) is 9.59 Å². The molecule has 1 atom stereocenters. The first-order chi connectivity index (χ1) is 12.7. The number of aliphatic carboxylic acids is 1. The van der Waals surface area contributed by atoms with Crippen LogP contribution in [0.3, 0.4) is 0 Å². The second-order valence-electron chi connectivity index (χ2n) is 5.77. The number of carbonyl (C=O) groups excluding carboxylic acids is 2. The SMILES string of the molecule is O=C(O)CCCNC(=O)NC1CCN(c2cccc(OC(F)(F)F)c2)C1=O. The largest absolute Gasteiger partial charge is 0.573 e. The molecule has 1 fully saturated rings. The van der Waals surface area contributed by atoms with Crippen LogP contribution in [0.2, 0.25) is 0 Å². The molecule has 0 aliphatic carbocycles. The lowest BCUT2D eigenvalue weighted by molar-refractivity contribution is -0.274. The number of hydrogen-bond donors (Lipinski definition) is 3. The molecule has 1 saturated heterocycles. The quantitative estimate of drug-likeness (QED) is 0.617. The second-order valence-corrected chi connectivity index (χ2v) is 5.77. The Morgan fingerprint density at radius 3 is 2.74 bits per heavy atom. The number of alkyl halides is 3. The number of carboxylic acid groups (broad SMARTS) is 1. The van der Waals surface area contributed by atoms with Crippen molar-refractivity contribution in [3.63, 3.8) is 0 Å². The second kappa shape index (κ2) is 8.60. The first-order valence-electron chi connectivity index (χ1n) is 8.09. The molecule has 0 bridgehead atoms. The van der Waals surface area contributed by atoms with Gasteiger partial charge in [0.2, 0.25) is 5.91 Å². The zero-order valence-corrected chi connectivity index (χ0v) is 14.1. The Kier molecular flexibility index (Phi) is 6.48. The fourth-order valence-corrected chi connectivity index (χ4v) is 2.57. The van der Waals surface area contributed by atoms with E-state index in [9.17, 15) is 27.6 Å². The maximum atomic E-state index is 12.4. The molecule has 3 amide bonds. The Hall–Kier alpha value is -2.98. The van der Waals surface area contributed by atoms with Crippen molar-refractivity contribution in [3.8, 4) is 5.75 Å². The Bertz CT molecular complexity index is 711. The fraction of sp³-hybridized carbons (Fsp3) is 0.438. The van der Waals surface area contributed by atoms with Crippen LogP contribution in [0, 0.1) is 0 Å². The summed E-state index contributed by atoms with van der Waals surface area (Å²) in [6.45, 7) is 0.359. The third kappa shape index (κ3) is 6.35. The average molecular weight is 389 g/mol. The van der Waals surface area contributed by atoms with E-state index in [0.717, 1.165) is 12.1 Å². The number of carboxylic acids is 1. The molecule has 0 saturated carbocycles. The molecule has 1 aromatic rings. The molecule has 1 aromatic carbocycles. The van der Waals surface area contributed by atoms with Crippen LogP contribution in [0.25, 0.3) is 0 Å². The summed E-state index contributed by atoms with van der Waals surface area (Å²) >= 11 is 0. The van der Waals surface area contributed by atoms with E-state index >= 15 is 0 Å². The maximum absolute atomic E-state index is 12.4. The van der Waals surface area contributed by atoms with E-state index in [4.69, 9.17) is 5.11 Å². The number of anilines is 1. The molecule has 0 aromatic heterocycles. The summed E-state index contributed by atoms with van der Waals surface area (Å²) in [5.74, 6) is -1.88. The van der Waals surface area contributed by atoms with Crippen molar-refractivity contribution in [2.75, 3.05) is 18.0 Å². The van der Waals surface area contributed by atoms with E-state index in [1.54, 1.807) is 0 Å². The van der Waals surface area contributed by atoms with Gasteiger partial charge >= 0.3 is 18.4 Å². The molecule has 0 spiro atoms. The molecule has 27 heavy (non-hydrogen) atoms. The van der Waals surface area contributed by atoms with E-state index < -0.39 is 36.1 Å². The van der Waals surface area contributed by atoms with Crippen molar-refractivity contribution in [2.24, 2.45) is 0 Å². The van der Waals surface area contributed by atoms with Gasteiger partial charge < -0.3 is 25.4 Å². The van der Waals surface area contributed by atoms with Crippen LogP contribution < -0.4 is 20.3 Å². The lowest BCUT2D eigenvalue weighted by Crippen LogP contribution is -2.46. The van der Waals surface area contributed by atoms with Crippen LogP contribution in [0.15, 0.2) is 24.3 Å². The van der Waals surface area contributed by atoms with Crippen molar-refractivity contribution in [1.29, 1.82) is 0 Å². The van der Waals surface area contributed by atoms with Crippen LogP contribution in [0.1, 0.15) is 19.3 Å². The molecule has 1 aliphatic rings. The van der Waals surface area contributed by atoms with Crippen molar-refractivity contribution < 1.29 is 37.4 Å². The maximum Gasteiger partial charge on any atom is 0.573 e. The number of nitrogens with zero attached hydrogens (tertiary/aromatic N) is 1. The highest BCUT2D eigenvalue weighted by atomic mass is 19.4. The Balaban J connectivity index is 1.90. The van der Waals surface area contributed by atoms with Gasteiger partial charge in [-0.1, -0.05) is 6.07 Å². The summed E-state index contributed by atoms with van der Waals surface area (Å²) in [6.07, 6.45) is -4.39. The van der Waals surface area contributed by atoms with E-state index in [-0.39, 0.29) is 38.0 Å². The van der Waals surface area contributed by atoms with Crippen LogP contribution >= 0.6 is 0 Å². The van der Waals surface area contributed by atoms with Gasteiger partial charge in [0.25, 0.3) is 0 Å². The number of hydrogen-bond acceptors (Lipinski definition) is 4.